The molecule has 12 heteroatoms. The molecule has 0 rings (SSSR count). The van der Waals surface area contributed by atoms with E-state index in [0.29, 0.717) is 6.61 Å². The maximum Gasteiger partial charge on any atom is 0.317 e. The fourth-order valence-electron chi connectivity index (χ4n) is 5.68. The van der Waals surface area contributed by atoms with Gasteiger partial charge in [-0.2, -0.15) is 0 Å². The van der Waals surface area contributed by atoms with Crippen molar-refractivity contribution in [1.82, 2.24) is 0 Å². The average Bonchev–Trinajstić information content (AvgIpc) is 2.80. The van der Waals surface area contributed by atoms with Crippen LogP contribution in [0.4, 0.5) is 0 Å². The highest BCUT2D eigenvalue weighted by Gasteiger charge is 2.48. The predicted octanol–water partition coefficient (Wildman–Crippen LogP) is 9.03. The summed E-state index contributed by atoms with van der Waals surface area (Å²) in [5, 5.41) is 18.6. The molecule has 0 aliphatic rings. The highest BCUT2D eigenvalue weighted by Crippen LogP contribution is 2.32. The van der Waals surface area contributed by atoms with E-state index < -0.39 is 48.4 Å². The van der Waals surface area contributed by atoms with Crippen LogP contribution in [0.3, 0.4) is 0 Å². The highest BCUT2D eigenvalue weighted by atomic mass is 28.5. The van der Waals surface area contributed by atoms with Gasteiger partial charge in [-0.25, -0.2) is 0 Å². The lowest BCUT2D eigenvalue weighted by molar-refractivity contribution is 0.00623. The van der Waals surface area contributed by atoms with Gasteiger partial charge in [-0.3, -0.25) is 0 Å². The number of ether oxygens (including phenoxy) is 1. The SMILES string of the molecule is CCCCCCCCCCCCCC[Si](C)(O[Si](C)(C)O[Si](C)(C)C)O[Si](C)(CCCOCC(O)CO)O[Si](C)(C)C. The number of hydrogen-bond acceptors (Lipinski definition) is 7. The summed E-state index contributed by atoms with van der Waals surface area (Å²) in [5.41, 5.74) is 0. The molecule has 0 aromatic carbocycles. The van der Waals surface area contributed by atoms with Gasteiger partial charge < -0.3 is 31.4 Å². The third kappa shape index (κ3) is 25.0. The number of aliphatic hydroxyl groups is 2. The van der Waals surface area contributed by atoms with Crippen molar-refractivity contribution >= 4 is 42.3 Å². The zero-order valence-corrected chi connectivity index (χ0v) is 34.7. The molecule has 0 aromatic rings. The van der Waals surface area contributed by atoms with Gasteiger partial charge in [-0.1, -0.05) is 84.0 Å². The van der Waals surface area contributed by atoms with E-state index in [1.807, 2.05) is 0 Å². The molecule has 7 nitrogen and oxygen atoms in total. The van der Waals surface area contributed by atoms with E-state index in [4.69, 9.17) is 26.3 Å². The summed E-state index contributed by atoms with van der Waals surface area (Å²) in [6.45, 7) is 24.9. The lowest BCUT2D eigenvalue weighted by atomic mass is 10.1. The molecular formula is C30H72O7Si5. The van der Waals surface area contributed by atoms with Crippen LogP contribution >= 0.6 is 0 Å². The van der Waals surface area contributed by atoms with Crippen LogP contribution < -0.4 is 0 Å². The van der Waals surface area contributed by atoms with Gasteiger partial charge in [0.1, 0.15) is 6.10 Å². The third-order valence-electron chi connectivity index (χ3n) is 6.89. The molecule has 0 aliphatic heterocycles. The van der Waals surface area contributed by atoms with Crippen LogP contribution in [0, 0.1) is 0 Å². The highest BCUT2D eigenvalue weighted by molar-refractivity contribution is 6.90. The Kier molecular flexibility index (Phi) is 22.0. The van der Waals surface area contributed by atoms with Crippen LogP contribution in [0.1, 0.15) is 90.4 Å². The second-order valence-corrected chi connectivity index (χ2v) is 35.0. The molecule has 0 heterocycles. The van der Waals surface area contributed by atoms with Crippen molar-refractivity contribution in [2.24, 2.45) is 0 Å². The first-order valence-electron chi connectivity index (χ1n) is 17.0. The van der Waals surface area contributed by atoms with Crippen LogP contribution in [0.5, 0.6) is 0 Å². The summed E-state index contributed by atoms with van der Waals surface area (Å²) in [6.07, 6.45) is 15.9. The summed E-state index contributed by atoms with van der Waals surface area (Å²) in [5.74, 6) is 0. The van der Waals surface area contributed by atoms with E-state index in [1.54, 1.807) is 0 Å². The average molecular weight is 685 g/mol. The standard InChI is InChI=1S/C30H72O7Si5/c1-12-13-14-15-16-17-18-19-20-21-22-23-26-42(11,36-40(8,9)34-38(2,3)4)37-41(10,35-39(5,6)7)27-24-25-33-29-30(32)28-31/h30-32H,12-29H2,1-11H3. The number of hydrogen-bond donors (Lipinski definition) is 2. The van der Waals surface area contributed by atoms with Gasteiger partial charge >= 0.3 is 25.7 Å². The summed E-state index contributed by atoms with van der Waals surface area (Å²) in [6, 6.07) is 1.78. The topological polar surface area (TPSA) is 86.6 Å². The van der Waals surface area contributed by atoms with E-state index in [0.717, 1.165) is 24.9 Å². The lowest BCUT2D eigenvalue weighted by Crippen LogP contribution is -2.60. The Hall–Kier alpha value is 0.804. The molecule has 0 amide bonds. The quantitative estimate of drug-likeness (QED) is 0.0628. The van der Waals surface area contributed by atoms with E-state index >= 15 is 0 Å². The van der Waals surface area contributed by atoms with Crippen LogP contribution in [-0.2, 0) is 21.2 Å². The Balaban J connectivity index is 5.24. The molecule has 2 N–H and O–H groups in total. The first kappa shape index (κ1) is 42.8. The second kappa shape index (κ2) is 21.6. The Labute approximate surface area is 266 Å². The Morgan fingerprint density at radius 1 is 0.524 bits per heavy atom. The van der Waals surface area contributed by atoms with Gasteiger partial charge in [0.05, 0.1) is 13.2 Å². The Morgan fingerprint density at radius 3 is 1.40 bits per heavy atom. The summed E-state index contributed by atoms with van der Waals surface area (Å²) >= 11 is 0. The molecule has 0 bridgehead atoms. The largest absolute Gasteiger partial charge is 0.437 e. The molecule has 0 saturated carbocycles. The van der Waals surface area contributed by atoms with Crippen LogP contribution in [0.25, 0.3) is 0 Å². The number of aliphatic hydroxyl groups excluding tert-OH is 2. The van der Waals surface area contributed by atoms with Gasteiger partial charge in [-0.05, 0) is 84.0 Å². The molecule has 0 radical (unpaired) electrons. The smallest absolute Gasteiger partial charge is 0.317 e. The van der Waals surface area contributed by atoms with E-state index in [2.05, 4.69) is 72.4 Å². The fraction of sp³-hybridized carbons (Fsp3) is 1.00. The summed E-state index contributed by atoms with van der Waals surface area (Å²) in [7, 11) is -11.2. The lowest BCUT2D eigenvalue weighted by Gasteiger charge is -2.44. The van der Waals surface area contributed by atoms with Crippen molar-refractivity contribution in [2.75, 3.05) is 19.8 Å². The van der Waals surface area contributed by atoms with Gasteiger partial charge in [0.15, 0.2) is 16.6 Å². The fourth-order valence-corrected chi connectivity index (χ4v) is 29.5. The van der Waals surface area contributed by atoms with Crippen molar-refractivity contribution in [3.8, 4) is 0 Å². The summed E-state index contributed by atoms with van der Waals surface area (Å²) in [4.78, 5) is 0. The maximum absolute atomic E-state index is 9.60. The van der Waals surface area contributed by atoms with Crippen LogP contribution in [0.2, 0.25) is 77.6 Å². The zero-order chi connectivity index (χ0) is 32.3. The molecule has 0 saturated heterocycles. The number of rotatable bonds is 28. The Bertz CT molecular complexity index is 675. The molecule has 42 heavy (non-hydrogen) atoms. The van der Waals surface area contributed by atoms with E-state index in [9.17, 15) is 5.11 Å². The first-order chi connectivity index (χ1) is 19.3. The van der Waals surface area contributed by atoms with Crippen molar-refractivity contribution in [1.29, 1.82) is 0 Å². The predicted molar refractivity (Wildman–Crippen MR) is 191 cm³/mol. The Morgan fingerprint density at radius 2 is 0.952 bits per heavy atom. The molecule has 0 aliphatic carbocycles. The molecule has 0 fully saturated rings. The van der Waals surface area contributed by atoms with Crippen molar-refractivity contribution in [3.63, 3.8) is 0 Å². The molecule has 254 valence electrons. The molecule has 0 spiro atoms. The molecule has 3 unspecified atom stereocenters. The molecular weight excluding hydrogens is 613 g/mol. The van der Waals surface area contributed by atoms with Crippen molar-refractivity contribution in [2.45, 2.75) is 174 Å². The van der Waals surface area contributed by atoms with E-state index in [-0.39, 0.29) is 13.2 Å². The molecule has 3 atom stereocenters. The first-order valence-corrected chi connectivity index (χ1v) is 31.7. The van der Waals surface area contributed by atoms with Gasteiger partial charge in [0, 0.05) is 6.61 Å². The zero-order valence-electron chi connectivity index (χ0n) is 29.7. The van der Waals surface area contributed by atoms with Crippen molar-refractivity contribution < 1.29 is 31.4 Å². The van der Waals surface area contributed by atoms with Crippen molar-refractivity contribution in [3.05, 3.63) is 0 Å². The minimum atomic E-state index is -2.61. The maximum atomic E-state index is 9.60. The van der Waals surface area contributed by atoms with Gasteiger partial charge in [0.25, 0.3) is 0 Å². The monoisotopic (exact) mass is 684 g/mol. The van der Waals surface area contributed by atoms with Crippen LogP contribution in [0.15, 0.2) is 0 Å². The normalized spacial score (nSPS) is 16.8. The van der Waals surface area contributed by atoms with Gasteiger partial charge in [0.2, 0.25) is 0 Å². The minimum Gasteiger partial charge on any atom is -0.437 e. The van der Waals surface area contributed by atoms with Crippen LogP contribution in [-0.4, -0.2) is 78.5 Å². The van der Waals surface area contributed by atoms with Gasteiger partial charge in [-0.15, -0.1) is 0 Å². The summed E-state index contributed by atoms with van der Waals surface area (Å²) < 4.78 is 33.3. The second-order valence-electron chi connectivity index (χ2n) is 15.0. The van der Waals surface area contributed by atoms with E-state index in [1.165, 1.54) is 70.6 Å². The minimum absolute atomic E-state index is 0.146. The number of unbranched alkanes of at least 4 members (excludes halogenated alkanes) is 11. The molecule has 0 aromatic heterocycles. The third-order valence-corrected chi connectivity index (χ3v) is 25.2.